The predicted octanol–water partition coefficient (Wildman–Crippen LogP) is 4.83. The molecule has 1 aromatic carbocycles. The largest absolute Gasteiger partial charge is 0.503 e. The van der Waals surface area contributed by atoms with Crippen molar-refractivity contribution in [1.29, 1.82) is 0 Å². The Morgan fingerprint density at radius 2 is 2.00 bits per heavy atom. The second-order valence-corrected chi connectivity index (χ2v) is 7.82. The molecule has 1 atom stereocenters. The second-order valence-electron chi connectivity index (χ2n) is 6.81. The number of furan rings is 2. The lowest BCUT2D eigenvalue weighted by molar-refractivity contribution is -0.117. The van der Waals surface area contributed by atoms with Crippen LogP contribution in [0.1, 0.15) is 34.8 Å². The molecule has 0 spiro atoms. The molecule has 0 fully saturated rings. The van der Waals surface area contributed by atoms with E-state index in [2.05, 4.69) is 11.9 Å². The van der Waals surface area contributed by atoms with Gasteiger partial charge in [0.15, 0.2) is 16.7 Å². The van der Waals surface area contributed by atoms with Crippen LogP contribution >= 0.6 is 11.3 Å². The Morgan fingerprint density at radius 3 is 2.70 bits per heavy atom. The molecule has 0 unspecified atom stereocenters. The maximum atomic E-state index is 13.1. The first-order valence-electron chi connectivity index (χ1n) is 9.36. The Kier molecular flexibility index (Phi) is 4.29. The van der Waals surface area contributed by atoms with Gasteiger partial charge in [-0.2, -0.15) is 0 Å². The number of hydrogen-bond acceptors (Lipinski definition) is 7. The van der Waals surface area contributed by atoms with Crippen molar-refractivity contribution in [2.45, 2.75) is 19.4 Å². The average molecular weight is 420 g/mol. The van der Waals surface area contributed by atoms with Crippen molar-refractivity contribution in [3.8, 4) is 0 Å². The summed E-state index contributed by atoms with van der Waals surface area (Å²) in [5.41, 5.74) is 1.80. The summed E-state index contributed by atoms with van der Waals surface area (Å²) in [7, 11) is 0. The van der Waals surface area contributed by atoms with Crippen LogP contribution in [0.4, 0.5) is 5.13 Å². The maximum absolute atomic E-state index is 13.1. The Labute approximate surface area is 174 Å². The quantitative estimate of drug-likeness (QED) is 0.465. The molecule has 1 aliphatic heterocycles. The first kappa shape index (κ1) is 18.4. The molecule has 30 heavy (non-hydrogen) atoms. The highest BCUT2D eigenvalue weighted by Gasteiger charge is 2.47. The second kappa shape index (κ2) is 7.00. The van der Waals surface area contributed by atoms with E-state index in [1.54, 1.807) is 18.2 Å². The summed E-state index contributed by atoms with van der Waals surface area (Å²) >= 11 is 1.32. The van der Waals surface area contributed by atoms with Gasteiger partial charge in [0.1, 0.15) is 11.8 Å². The van der Waals surface area contributed by atoms with Crippen LogP contribution in [0.3, 0.4) is 0 Å². The van der Waals surface area contributed by atoms with Crippen molar-refractivity contribution >= 4 is 38.4 Å². The van der Waals surface area contributed by atoms with Crippen molar-refractivity contribution in [1.82, 2.24) is 4.98 Å². The van der Waals surface area contributed by atoms with E-state index in [1.807, 2.05) is 18.2 Å². The lowest BCUT2D eigenvalue weighted by Gasteiger charge is -2.21. The number of anilines is 1. The number of benzene rings is 1. The standard InChI is InChI=1S/C22H16N2O5S/c1-2-12-7-8-13-16(11-12)30-22(23-13)24-18(14-5-3-9-28-14)17(20(26)21(24)27)19(25)15-6-4-10-29-15/h3-11,18,26H,2H2,1H3/t18-/m0/s1. The molecule has 1 N–H and O–H groups in total. The van der Waals surface area contributed by atoms with Gasteiger partial charge in [0, 0.05) is 0 Å². The molecule has 1 amide bonds. The molecule has 150 valence electrons. The van der Waals surface area contributed by atoms with Gasteiger partial charge >= 0.3 is 0 Å². The van der Waals surface area contributed by atoms with E-state index in [1.165, 1.54) is 34.8 Å². The number of nitrogens with zero attached hydrogens (tertiary/aromatic N) is 2. The topological polar surface area (TPSA) is 96.8 Å². The van der Waals surface area contributed by atoms with Crippen LogP contribution in [0.5, 0.6) is 0 Å². The zero-order chi connectivity index (χ0) is 20.8. The third-order valence-corrected chi connectivity index (χ3v) is 6.08. The summed E-state index contributed by atoms with van der Waals surface area (Å²) in [5, 5.41) is 11.0. The number of aliphatic hydroxyl groups excluding tert-OH is 1. The average Bonchev–Trinajstić information content (AvgIpc) is 3.54. The normalized spacial score (nSPS) is 16.8. The zero-order valence-corrected chi connectivity index (χ0v) is 16.7. The fourth-order valence-electron chi connectivity index (χ4n) is 3.57. The van der Waals surface area contributed by atoms with Gasteiger partial charge in [-0.25, -0.2) is 4.98 Å². The van der Waals surface area contributed by atoms with Crippen LogP contribution in [0, 0.1) is 0 Å². The molecule has 5 rings (SSSR count). The third-order valence-electron chi connectivity index (χ3n) is 5.07. The van der Waals surface area contributed by atoms with Gasteiger partial charge in [-0.05, 0) is 48.4 Å². The molecule has 0 bridgehead atoms. The first-order valence-corrected chi connectivity index (χ1v) is 10.2. The number of carbonyl (C=O) groups excluding carboxylic acids is 2. The van der Waals surface area contributed by atoms with E-state index in [-0.39, 0.29) is 11.3 Å². The number of thiazole rings is 1. The van der Waals surface area contributed by atoms with Gasteiger partial charge in [-0.15, -0.1) is 0 Å². The molecule has 4 heterocycles. The number of rotatable bonds is 5. The van der Waals surface area contributed by atoms with Crippen LogP contribution in [0.25, 0.3) is 10.2 Å². The van der Waals surface area contributed by atoms with Gasteiger partial charge in [-0.1, -0.05) is 24.3 Å². The Hall–Kier alpha value is -3.65. The molecule has 3 aromatic heterocycles. The minimum atomic E-state index is -0.948. The van der Waals surface area contributed by atoms with Crippen molar-refractivity contribution in [2.75, 3.05) is 4.90 Å². The Balaban J connectivity index is 1.65. The van der Waals surface area contributed by atoms with Gasteiger partial charge < -0.3 is 13.9 Å². The van der Waals surface area contributed by atoms with Crippen molar-refractivity contribution in [2.24, 2.45) is 0 Å². The lowest BCUT2D eigenvalue weighted by Crippen LogP contribution is -2.30. The summed E-state index contributed by atoms with van der Waals surface area (Å²) < 4.78 is 11.6. The summed E-state index contributed by atoms with van der Waals surface area (Å²) in [6, 6.07) is 11.3. The summed E-state index contributed by atoms with van der Waals surface area (Å²) in [5.74, 6) is -1.55. The number of Topliss-reactive ketones (excluding diaryl/α,β-unsaturated/α-hetero) is 1. The van der Waals surface area contributed by atoms with Crippen LogP contribution in [-0.2, 0) is 11.2 Å². The molecule has 1 aliphatic rings. The molecule has 4 aromatic rings. The van der Waals surface area contributed by atoms with Crippen LogP contribution in [0.2, 0.25) is 0 Å². The number of hydrogen-bond donors (Lipinski definition) is 1. The van der Waals surface area contributed by atoms with Gasteiger partial charge in [0.05, 0.1) is 28.3 Å². The first-order chi connectivity index (χ1) is 14.6. The van der Waals surface area contributed by atoms with Gasteiger partial charge in [-0.3, -0.25) is 14.5 Å². The molecule has 0 saturated heterocycles. The number of amides is 1. The fraction of sp³-hybridized carbons (Fsp3) is 0.136. The van der Waals surface area contributed by atoms with E-state index in [0.29, 0.717) is 10.9 Å². The molecule has 0 radical (unpaired) electrons. The van der Waals surface area contributed by atoms with Crippen LogP contribution in [0.15, 0.2) is 75.2 Å². The fourth-order valence-corrected chi connectivity index (χ4v) is 4.63. The number of aryl methyl sites for hydroxylation is 1. The van der Waals surface area contributed by atoms with E-state index in [9.17, 15) is 14.7 Å². The van der Waals surface area contributed by atoms with Gasteiger partial charge in [0.25, 0.3) is 5.91 Å². The van der Waals surface area contributed by atoms with Crippen LogP contribution < -0.4 is 4.90 Å². The lowest BCUT2D eigenvalue weighted by atomic mass is 10.00. The zero-order valence-electron chi connectivity index (χ0n) is 15.9. The highest BCUT2D eigenvalue weighted by atomic mass is 32.1. The minimum absolute atomic E-state index is 0.0274. The number of fused-ring (bicyclic) bond motifs is 1. The van der Waals surface area contributed by atoms with Crippen molar-refractivity contribution in [3.63, 3.8) is 0 Å². The van der Waals surface area contributed by atoms with Crippen molar-refractivity contribution in [3.05, 3.63) is 83.4 Å². The van der Waals surface area contributed by atoms with E-state index < -0.39 is 23.5 Å². The maximum Gasteiger partial charge on any atom is 0.296 e. The monoisotopic (exact) mass is 420 g/mol. The molecule has 0 saturated carbocycles. The number of carbonyl (C=O) groups is 2. The molecular weight excluding hydrogens is 404 g/mol. The smallest absolute Gasteiger partial charge is 0.296 e. The van der Waals surface area contributed by atoms with E-state index >= 15 is 0 Å². The van der Waals surface area contributed by atoms with E-state index in [4.69, 9.17) is 8.83 Å². The van der Waals surface area contributed by atoms with Gasteiger partial charge in [0.2, 0.25) is 5.78 Å². The highest BCUT2D eigenvalue weighted by Crippen LogP contribution is 2.44. The summed E-state index contributed by atoms with van der Waals surface area (Å²) in [4.78, 5) is 32.0. The Morgan fingerprint density at radius 1 is 1.20 bits per heavy atom. The minimum Gasteiger partial charge on any atom is -0.503 e. The van der Waals surface area contributed by atoms with Crippen LogP contribution in [-0.4, -0.2) is 21.8 Å². The predicted molar refractivity (Wildman–Crippen MR) is 111 cm³/mol. The Bertz CT molecular complexity index is 1280. The molecule has 8 heteroatoms. The molecule has 7 nitrogen and oxygen atoms in total. The highest BCUT2D eigenvalue weighted by molar-refractivity contribution is 7.22. The number of ketones is 1. The van der Waals surface area contributed by atoms with E-state index in [0.717, 1.165) is 22.2 Å². The SMILES string of the molecule is CCc1ccc2nc(N3C(=O)C(O)=C(C(=O)c4ccco4)[C@@H]3c3ccco3)sc2c1. The molecule has 0 aliphatic carbocycles. The summed E-state index contributed by atoms with van der Waals surface area (Å²) in [6.07, 6.45) is 3.69. The molecular formula is C22H16N2O5S. The number of aromatic nitrogens is 1. The third kappa shape index (κ3) is 2.76. The summed E-state index contributed by atoms with van der Waals surface area (Å²) in [6.45, 7) is 2.06. The number of aliphatic hydroxyl groups is 1. The van der Waals surface area contributed by atoms with Crippen molar-refractivity contribution < 1.29 is 23.5 Å².